The van der Waals surface area contributed by atoms with Crippen molar-refractivity contribution in [2.45, 2.75) is 31.1 Å². The molecule has 0 bridgehead atoms. The molecule has 4 heteroatoms. The van der Waals surface area contributed by atoms with Crippen molar-refractivity contribution >= 4 is 17.2 Å². The van der Waals surface area contributed by atoms with Crippen LogP contribution in [0.3, 0.4) is 0 Å². The quantitative estimate of drug-likeness (QED) is 0.681. The predicted octanol–water partition coefficient (Wildman–Crippen LogP) is 2.36. The lowest BCUT2D eigenvalue weighted by Crippen LogP contribution is -2.09. The minimum atomic E-state index is 0.422. The smallest absolute Gasteiger partial charge is 0.156 e. The van der Waals surface area contributed by atoms with Crippen molar-refractivity contribution in [3.63, 3.8) is 0 Å². The van der Waals surface area contributed by atoms with E-state index in [2.05, 4.69) is 10.1 Å². The van der Waals surface area contributed by atoms with E-state index in [1.807, 2.05) is 16.8 Å². The Morgan fingerprint density at radius 2 is 2.20 bits per heavy atom. The summed E-state index contributed by atoms with van der Waals surface area (Å²) in [7, 11) is 0. The minimum absolute atomic E-state index is 0.422. The Kier molecular flexibility index (Phi) is 1.27. The molecule has 2 aromatic rings. The largest absolute Gasteiger partial charge is 0.237 e. The molecule has 1 spiro atoms. The van der Waals surface area contributed by atoms with Crippen LogP contribution in [-0.2, 0) is 11.8 Å². The molecular formula is C11H10ClN3. The zero-order valence-corrected chi connectivity index (χ0v) is 8.96. The van der Waals surface area contributed by atoms with Gasteiger partial charge < -0.3 is 0 Å². The molecule has 0 atom stereocenters. The third-order valence-electron chi connectivity index (χ3n) is 3.76. The van der Waals surface area contributed by atoms with Crippen LogP contribution in [-0.4, -0.2) is 14.6 Å². The zero-order chi connectivity index (χ0) is 10.0. The van der Waals surface area contributed by atoms with Gasteiger partial charge in [-0.05, 0) is 31.2 Å². The molecule has 2 heterocycles. The van der Waals surface area contributed by atoms with Gasteiger partial charge in [-0.3, -0.25) is 0 Å². The van der Waals surface area contributed by atoms with Crippen molar-refractivity contribution in [2.24, 2.45) is 0 Å². The van der Waals surface area contributed by atoms with Gasteiger partial charge in [-0.15, -0.1) is 0 Å². The fourth-order valence-electron chi connectivity index (χ4n) is 2.82. The summed E-state index contributed by atoms with van der Waals surface area (Å²) in [5, 5.41) is 4.88. The summed E-state index contributed by atoms with van der Waals surface area (Å²) in [6, 6.07) is 1.83. The van der Waals surface area contributed by atoms with E-state index < -0.39 is 0 Å². The van der Waals surface area contributed by atoms with E-state index in [9.17, 15) is 0 Å². The van der Waals surface area contributed by atoms with Gasteiger partial charge in [-0.25, -0.2) is 9.50 Å². The van der Waals surface area contributed by atoms with Crippen LogP contribution in [0.1, 0.15) is 30.5 Å². The molecule has 0 amide bonds. The third kappa shape index (κ3) is 0.918. The van der Waals surface area contributed by atoms with Gasteiger partial charge in [0.05, 0.1) is 5.69 Å². The second kappa shape index (κ2) is 2.35. The van der Waals surface area contributed by atoms with E-state index in [1.54, 1.807) is 0 Å². The molecule has 2 aromatic heterocycles. The Bertz CT molecular complexity index is 568. The second-order valence-electron chi connectivity index (χ2n) is 4.65. The maximum atomic E-state index is 5.93. The Balaban J connectivity index is 2.14. The number of aryl methyl sites for hydroxylation is 1. The molecule has 76 valence electrons. The highest BCUT2D eigenvalue weighted by Crippen LogP contribution is 2.56. The highest BCUT2D eigenvalue weighted by atomic mass is 35.5. The van der Waals surface area contributed by atoms with Gasteiger partial charge in [0.25, 0.3) is 0 Å². The van der Waals surface area contributed by atoms with E-state index in [1.165, 1.54) is 30.5 Å². The van der Waals surface area contributed by atoms with Gasteiger partial charge in [0.15, 0.2) is 10.8 Å². The number of hydrogen-bond donors (Lipinski definition) is 0. The number of halogens is 1. The molecule has 2 aliphatic carbocycles. The fraction of sp³-hybridized carbons (Fsp3) is 0.455. The number of fused-ring (bicyclic) bond motifs is 4. The zero-order valence-electron chi connectivity index (χ0n) is 8.20. The average Bonchev–Trinajstić information content (AvgIpc) is 2.73. The summed E-state index contributed by atoms with van der Waals surface area (Å²) in [6.45, 7) is 0. The molecule has 15 heavy (non-hydrogen) atoms. The SMILES string of the molecule is Clc1cc2ncc3c(n2n1)C1(CC3)CC1. The van der Waals surface area contributed by atoms with Crippen LogP contribution in [0, 0.1) is 0 Å². The average molecular weight is 220 g/mol. The van der Waals surface area contributed by atoms with Gasteiger partial charge in [0.1, 0.15) is 0 Å². The van der Waals surface area contributed by atoms with Crippen LogP contribution in [0.2, 0.25) is 5.15 Å². The van der Waals surface area contributed by atoms with E-state index in [4.69, 9.17) is 11.6 Å². The maximum absolute atomic E-state index is 5.93. The van der Waals surface area contributed by atoms with E-state index in [0.29, 0.717) is 10.6 Å². The summed E-state index contributed by atoms with van der Waals surface area (Å²) in [6.07, 6.45) is 7.01. The summed E-state index contributed by atoms with van der Waals surface area (Å²) in [5.41, 5.74) is 4.04. The minimum Gasteiger partial charge on any atom is -0.237 e. The summed E-state index contributed by atoms with van der Waals surface area (Å²) in [5.74, 6) is 0. The third-order valence-corrected chi connectivity index (χ3v) is 3.94. The highest BCUT2D eigenvalue weighted by molar-refractivity contribution is 6.29. The van der Waals surface area contributed by atoms with Crippen molar-refractivity contribution in [1.29, 1.82) is 0 Å². The number of rotatable bonds is 0. The Hall–Kier alpha value is -1.09. The standard InChI is InChI=1S/C11H10ClN3/c12-8-5-9-13-6-7-1-2-11(3-4-11)10(7)15(9)14-8/h5-6H,1-4H2. The molecule has 0 aliphatic heterocycles. The van der Waals surface area contributed by atoms with Crippen molar-refractivity contribution in [2.75, 3.05) is 0 Å². The van der Waals surface area contributed by atoms with Crippen molar-refractivity contribution < 1.29 is 0 Å². The van der Waals surface area contributed by atoms with Gasteiger partial charge >= 0.3 is 0 Å². The van der Waals surface area contributed by atoms with E-state index in [-0.39, 0.29) is 0 Å². The molecule has 0 unspecified atom stereocenters. The van der Waals surface area contributed by atoms with Gasteiger partial charge in [-0.2, -0.15) is 5.10 Å². The first-order valence-corrected chi connectivity index (χ1v) is 5.70. The monoisotopic (exact) mass is 219 g/mol. The van der Waals surface area contributed by atoms with Crippen LogP contribution in [0.5, 0.6) is 0 Å². The Morgan fingerprint density at radius 3 is 3.00 bits per heavy atom. The Labute approximate surface area is 92.1 Å². The van der Waals surface area contributed by atoms with Crippen LogP contribution in [0.25, 0.3) is 5.65 Å². The molecule has 0 N–H and O–H groups in total. The molecular weight excluding hydrogens is 210 g/mol. The summed E-state index contributed by atoms with van der Waals surface area (Å²) < 4.78 is 1.96. The molecule has 3 nitrogen and oxygen atoms in total. The van der Waals surface area contributed by atoms with Gasteiger partial charge in [0.2, 0.25) is 0 Å². The van der Waals surface area contributed by atoms with Crippen LogP contribution >= 0.6 is 11.6 Å². The first kappa shape index (κ1) is 8.11. The van der Waals surface area contributed by atoms with Gasteiger partial charge in [-0.1, -0.05) is 11.6 Å². The normalized spacial score (nSPS) is 21.1. The molecule has 1 saturated carbocycles. The Morgan fingerprint density at radius 1 is 1.33 bits per heavy atom. The number of aromatic nitrogens is 3. The maximum Gasteiger partial charge on any atom is 0.156 e. The molecule has 0 radical (unpaired) electrons. The van der Waals surface area contributed by atoms with Crippen LogP contribution in [0.4, 0.5) is 0 Å². The van der Waals surface area contributed by atoms with Crippen molar-refractivity contribution in [3.05, 3.63) is 28.7 Å². The lowest BCUT2D eigenvalue weighted by molar-refractivity contribution is 0.641. The van der Waals surface area contributed by atoms with Crippen molar-refractivity contribution in [1.82, 2.24) is 14.6 Å². The summed E-state index contributed by atoms with van der Waals surface area (Å²) >= 11 is 5.93. The summed E-state index contributed by atoms with van der Waals surface area (Å²) in [4.78, 5) is 4.38. The highest BCUT2D eigenvalue weighted by Gasteiger charge is 2.50. The molecule has 2 aliphatic rings. The predicted molar refractivity (Wildman–Crippen MR) is 57.2 cm³/mol. The number of hydrogen-bond acceptors (Lipinski definition) is 2. The topological polar surface area (TPSA) is 30.2 Å². The fourth-order valence-corrected chi connectivity index (χ4v) is 2.99. The lowest BCUT2D eigenvalue weighted by Gasteiger charge is -2.09. The molecule has 1 fully saturated rings. The number of nitrogens with zero attached hydrogens (tertiary/aromatic N) is 3. The van der Waals surface area contributed by atoms with Crippen LogP contribution in [0.15, 0.2) is 12.3 Å². The first-order chi connectivity index (χ1) is 7.28. The second-order valence-corrected chi connectivity index (χ2v) is 5.04. The van der Waals surface area contributed by atoms with E-state index in [0.717, 1.165) is 12.1 Å². The van der Waals surface area contributed by atoms with Gasteiger partial charge in [0, 0.05) is 17.7 Å². The van der Waals surface area contributed by atoms with Crippen LogP contribution < -0.4 is 0 Å². The molecule has 0 saturated heterocycles. The first-order valence-electron chi connectivity index (χ1n) is 5.32. The molecule has 0 aromatic carbocycles. The van der Waals surface area contributed by atoms with E-state index >= 15 is 0 Å². The lowest BCUT2D eigenvalue weighted by atomic mass is 10.1. The molecule has 4 rings (SSSR count). The van der Waals surface area contributed by atoms with Crippen molar-refractivity contribution in [3.8, 4) is 0 Å².